The third-order valence-corrected chi connectivity index (χ3v) is 4.55. The van der Waals surface area contributed by atoms with E-state index in [4.69, 9.17) is 32.7 Å². The molecule has 9 heteroatoms. The Bertz CT molecular complexity index is 847. The first kappa shape index (κ1) is 24.6. The van der Waals surface area contributed by atoms with Crippen molar-refractivity contribution < 1.29 is 24.2 Å². The monoisotopic (exact) mass is 442 g/mol. The van der Waals surface area contributed by atoms with Crippen LogP contribution < -0.4 is 16.2 Å². The van der Waals surface area contributed by atoms with Crippen LogP contribution in [0.4, 0.5) is 0 Å². The summed E-state index contributed by atoms with van der Waals surface area (Å²) >= 11 is 12.3. The molecule has 0 radical (unpaired) electrons. The molecule has 0 fully saturated rings. The Labute approximate surface area is 179 Å². The maximum atomic E-state index is 12.7. The van der Waals surface area contributed by atoms with Crippen LogP contribution in [0.3, 0.4) is 0 Å². The second kappa shape index (κ2) is 11.5. The van der Waals surface area contributed by atoms with Crippen LogP contribution >= 0.6 is 23.2 Å². The zero-order valence-electron chi connectivity index (χ0n) is 16.2. The molecule has 0 spiro atoms. The maximum Gasteiger partial charge on any atom is 0.328 e. The summed E-state index contributed by atoms with van der Waals surface area (Å²) in [6, 6.07) is 9.45. The summed E-state index contributed by atoms with van der Waals surface area (Å²) in [5.74, 6) is -1.70. The average Bonchev–Trinajstić information content (AvgIpc) is 2.70. The molecule has 2 rings (SSSR count). The summed E-state index contributed by atoms with van der Waals surface area (Å²) in [7, 11) is 1.23. The lowest BCUT2D eigenvalue weighted by Crippen LogP contribution is -2.43. The number of benzene rings is 2. The van der Waals surface area contributed by atoms with E-state index in [1.165, 1.54) is 13.2 Å². The van der Waals surface area contributed by atoms with Gasteiger partial charge in [0, 0.05) is 6.42 Å². The first-order chi connectivity index (χ1) is 13.4. The van der Waals surface area contributed by atoms with Crippen molar-refractivity contribution in [1.82, 2.24) is 11.5 Å². The van der Waals surface area contributed by atoms with E-state index >= 15 is 0 Å². The molecule has 158 valence electrons. The van der Waals surface area contributed by atoms with Crippen LogP contribution in [0.2, 0.25) is 10.0 Å². The number of ether oxygens (including phenoxy) is 2. The van der Waals surface area contributed by atoms with Crippen molar-refractivity contribution in [2.24, 2.45) is 0 Å². The van der Waals surface area contributed by atoms with E-state index in [-0.39, 0.29) is 33.9 Å². The normalized spacial score (nSPS) is 11.2. The van der Waals surface area contributed by atoms with Gasteiger partial charge in [-0.25, -0.2) is 4.79 Å². The minimum atomic E-state index is -0.951. The Morgan fingerprint density at radius 3 is 2.45 bits per heavy atom. The highest BCUT2D eigenvalue weighted by Crippen LogP contribution is 2.42. The van der Waals surface area contributed by atoms with Crippen molar-refractivity contribution in [1.29, 1.82) is 0 Å². The average molecular weight is 443 g/mol. The van der Waals surface area contributed by atoms with Crippen LogP contribution in [-0.4, -0.2) is 36.7 Å². The molecule has 1 amide bonds. The van der Waals surface area contributed by atoms with Crippen LogP contribution in [0.1, 0.15) is 29.3 Å². The van der Waals surface area contributed by atoms with E-state index in [0.29, 0.717) is 6.61 Å². The topological polar surface area (TPSA) is 120 Å². The molecule has 0 aliphatic carbocycles. The Kier molecular flexibility index (Phi) is 9.74. The molecule has 29 heavy (non-hydrogen) atoms. The zero-order valence-corrected chi connectivity index (χ0v) is 17.7. The number of carbonyl (C=O) groups excluding carboxylic acids is 2. The number of rotatable bonds is 8. The van der Waals surface area contributed by atoms with E-state index in [9.17, 15) is 14.7 Å². The van der Waals surface area contributed by atoms with Gasteiger partial charge in [0.05, 0.1) is 24.3 Å². The number of methoxy groups -OCH3 is 1. The summed E-state index contributed by atoms with van der Waals surface area (Å²) in [5.41, 5.74) is 0.669. The van der Waals surface area contributed by atoms with Crippen molar-refractivity contribution in [2.45, 2.75) is 25.8 Å². The Morgan fingerprint density at radius 1 is 1.21 bits per heavy atom. The largest absolute Gasteiger partial charge is 0.505 e. The van der Waals surface area contributed by atoms with E-state index < -0.39 is 23.7 Å². The number of phenols is 1. The fourth-order valence-corrected chi connectivity index (χ4v) is 3.09. The molecule has 2 aromatic carbocycles. The number of halogens is 2. The van der Waals surface area contributed by atoms with Gasteiger partial charge < -0.3 is 26.0 Å². The molecule has 0 heterocycles. The number of hydrogen-bond donors (Lipinski definition) is 3. The first-order valence-electron chi connectivity index (χ1n) is 8.65. The predicted octanol–water partition coefficient (Wildman–Crippen LogP) is 4.16. The van der Waals surface area contributed by atoms with Gasteiger partial charge in [-0.2, -0.15) is 0 Å². The Morgan fingerprint density at radius 2 is 1.86 bits per heavy atom. The molecule has 0 aromatic heterocycles. The van der Waals surface area contributed by atoms with Gasteiger partial charge in [0.2, 0.25) is 0 Å². The Balaban J connectivity index is 0.00000420. The number of amides is 1. The van der Waals surface area contributed by atoms with Gasteiger partial charge >= 0.3 is 5.97 Å². The SMILES string of the molecule is CCCOc1c(Cl)cc(C(=O)N[C@@H](Cc2ccccc2)C(=O)OC)c(O)c1Cl.N. The lowest BCUT2D eigenvalue weighted by atomic mass is 10.1. The number of esters is 1. The lowest BCUT2D eigenvalue weighted by Gasteiger charge is -2.18. The fourth-order valence-electron chi connectivity index (χ4n) is 2.52. The third kappa shape index (κ3) is 6.25. The molecular formula is C20H24Cl2N2O5. The van der Waals surface area contributed by atoms with Crippen LogP contribution in [0, 0.1) is 0 Å². The fraction of sp³-hybridized carbons (Fsp3) is 0.300. The zero-order chi connectivity index (χ0) is 20.7. The molecule has 0 aliphatic rings. The first-order valence-corrected chi connectivity index (χ1v) is 9.41. The van der Waals surface area contributed by atoms with Crippen molar-refractivity contribution >= 4 is 35.1 Å². The van der Waals surface area contributed by atoms with E-state index in [2.05, 4.69) is 5.32 Å². The number of hydrogen-bond acceptors (Lipinski definition) is 6. The number of carbonyl (C=O) groups is 2. The van der Waals surface area contributed by atoms with Gasteiger partial charge in [-0.05, 0) is 18.1 Å². The summed E-state index contributed by atoms with van der Waals surface area (Å²) < 4.78 is 10.2. The molecule has 7 nitrogen and oxygen atoms in total. The summed E-state index contributed by atoms with van der Waals surface area (Å²) in [6.45, 7) is 2.26. The van der Waals surface area contributed by atoms with Crippen molar-refractivity contribution in [3.8, 4) is 11.5 Å². The van der Waals surface area contributed by atoms with Gasteiger partial charge in [0.25, 0.3) is 5.91 Å². The van der Waals surface area contributed by atoms with Gasteiger partial charge in [-0.3, -0.25) is 4.79 Å². The summed E-state index contributed by atoms with van der Waals surface area (Å²) in [4.78, 5) is 24.8. The highest BCUT2D eigenvalue weighted by molar-refractivity contribution is 6.39. The van der Waals surface area contributed by atoms with E-state index in [1.807, 2.05) is 37.3 Å². The van der Waals surface area contributed by atoms with Crippen molar-refractivity contribution in [3.05, 3.63) is 57.6 Å². The number of phenolic OH excluding ortho intramolecular Hbond substituents is 1. The van der Waals surface area contributed by atoms with Crippen LogP contribution in [0.5, 0.6) is 11.5 Å². The maximum absolute atomic E-state index is 12.7. The van der Waals surface area contributed by atoms with Gasteiger partial charge in [0.1, 0.15) is 11.1 Å². The minimum absolute atomic E-state index is 0. The van der Waals surface area contributed by atoms with Crippen molar-refractivity contribution in [3.63, 3.8) is 0 Å². The highest BCUT2D eigenvalue weighted by Gasteiger charge is 2.26. The molecule has 5 N–H and O–H groups in total. The van der Waals surface area contributed by atoms with Crippen LogP contribution in [0.15, 0.2) is 36.4 Å². The lowest BCUT2D eigenvalue weighted by molar-refractivity contribution is -0.142. The van der Waals surface area contributed by atoms with Crippen LogP contribution in [0.25, 0.3) is 0 Å². The van der Waals surface area contributed by atoms with E-state index in [0.717, 1.165) is 12.0 Å². The number of aromatic hydroxyl groups is 1. The smallest absolute Gasteiger partial charge is 0.328 e. The van der Waals surface area contributed by atoms with Gasteiger partial charge in [0.15, 0.2) is 11.5 Å². The molecule has 2 aromatic rings. The quantitative estimate of drug-likeness (QED) is 0.527. The molecule has 1 atom stereocenters. The van der Waals surface area contributed by atoms with Gasteiger partial charge in [-0.1, -0.05) is 60.5 Å². The standard InChI is InChI=1S/C20H21Cl2NO5.H3N/c1-3-9-28-18-14(21)11-13(17(24)16(18)22)19(25)23-15(20(26)27-2)10-12-7-5-4-6-8-12;/h4-8,11,15,24H,3,9-10H2,1-2H3,(H,23,25);1H3/t15-;/m0./s1. The minimum Gasteiger partial charge on any atom is -0.505 e. The van der Waals surface area contributed by atoms with Crippen molar-refractivity contribution in [2.75, 3.05) is 13.7 Å². The molecule has 0 saturated heterocycles. The molecule has 0 aliphatic heterocycles. The summed E-state index contributed by atoms with van der Waals surface area (Å²) in [5, 5.41) is 12.8. The molecule has 0 bridgehead atoms. The predicted molar refractivity (Wildman–Crippen MR) is 112 cm³/mol. The second-order valence-corrected chi connectivity index (χ2v) is 6.77. The molecular weight excluding hydrogens is 419 g/mol. The third-order valence-electron chi connectivity index (χ3n) is 3.92. The Hall–Kier alpha value is -2.48. The molecule has 0 saturated carbocycles. The second-order valence-electron chi connectivity index (χ2n) is 5.99. The van der Waals surface area contributed by atoms with Crippen LogP contribution in [-0.2, 0) is 16.0 Å². The number of nitrogens with one attached hydrogen (secondary N) is 1. The van der Waals surface area contributed by atoms with Gasteiger partial charge in [-0.15, -0.1) is 0 Å². The highest BCUT2D eigenvalue weighted by atomic mass is 35.5. The van der Waals surface area contributed by atoms with E-state index in [1.54, 1.807) is 0 Å². The molecule has 0 unspecified atom stereocenters. The summed E-state index contributed by atoms with van der Waals surface area (Å²) in [6.07, 6.45) is 0.940.